The largest absolute Gasteiger partial charge is 0.369 e. The molecule has 1 aliphatic rings. The monoisotopic (exact) mass is 401 g/mol. The first-order valence-electron chi connectivity index (χ1n) is 8.18. The third kappa shape index (κ3) is 3.88. The lowest BCUT2D eigenvalue weighted by atomic mass is 9.91. The van der Waals surface area contributed by atoms with E-state index >= 15 is 0 Å². The fourth-order valence-corrected chi connectivity index (χ4v) is 4.35. The van der Waals surface area contributed by atoms with E-state index in [1.54, 1.807) is 0 Å². The normalized spacial score (nSPS) is 22.6. The van der Waals surface area contributed by atoms with Crippen molar-refractivity contribution in [3.8, 4) is 0 Å². The van der Waals surface area contributed by atoms with Gasteiger partial charge in [-0.25, -0.2) is 9.97 Å². The third-order valence-electron chi connectivity index (χ3n) is 4.41. The van der Waals surface area contributed by atoms with Gasteiger partial charge in [0, 0.05) is 17.9 Å². The fraction of sp³-hybridized carbons (Fsp3) is 0.765. The smallest absolute Gasteiger partial charge is 0.143 e. The van der Waals surface area contributed by atoms with Gasteiger partial charge in [-0.05, 0) is 54.7 Å². The standard InChI is InChI=1S/C17H28IN3/c1-6-11-8-9-12(10-11)15-20-14(17(3,4)5)13(18)16(21-15)19-7-2/h11-12H,6-10H2,1-5H3,(H,19,20,21). The molecule has 0 amide bonds. The summed E-state index contributed by atoms with van der Waals surface area (Å²) in [5.74, 6) is 3.49. The van der Waals surface area contributed by atoms with Crippen LogP contribution in [-0.2, 0) is 5.41 Å². The minimum atomic E-state index is 0.0567. The Morgan fingerprint density at radius 3 is 2.43 bits per heavy atom. The lowest BCUT2D eigenvalue weighted by Gasteiger charge is -2.23. The maximum absolute atomic E-state index is 4.98. The number of hydrogen-bond donors (Lipinski definition) is 1. The van der Waals surface area contributed by atoms with Gasteiger partial charge >= 0.3 is 0 Å². The molecule has 0 bridgehead atoms. The molecule has 1 heterocycles. The zero-order valence-electron chi connectivity index (χ0n) is 14.0. The summed E-state index contributed by atoms with van der Waals surface area (Å²) in [6.45, 7) is 12.0. The molecule has 0 saturated heterocycles. The van der Waals surface area contributed by atoms with Crippen LogP contribution in [-0.4, -0.2) is 16.5 Å². The van der Waals surface area contributed by atoms with Crippen LogP contribution in [0.25, 0.3) is 0 Å². The zero-order chi connectivity index (χ0) is 15.6. The molecule has 2 atom stereocenters. The Kier molecular flexibility index (Phi) is 5.49. The zero-order valence-corrected chi connectivity index (χ0v) is 16.1. The van der Waals surface area contributed by atoms with Gasteiger partial charge < -0.3 is 5.32 Å². The second kappa shape index (κ2) is 6.80. The van der Waals surface area contributed by atoms with Gasteiger partial charge in [0.15, 0.2) is 0 Å². The molecule has 1 N–H and O–H groups in total. The average molecular weight is 401 g/mol. The van der Waals surface area contributed by atoms with Crippen LogP contribution in [0, 0.1) is 9.49 Å². The molecule has 3 nitrogen and oxygen atoms in total. The second-order valence-corrected chi connectivity index (χ2v) is 8.24. The maximum atomic E-state index is 4.98. The molecule has 0 aliphatic heterocycles. The second-order valence-electron chi connectivity index (χ2n) is 7.16. The van der Waals surface area contributed by atoms with Crippen LogP contribution in [0.4, 0.5) is 5.82 Å². The summed E-state index contributed by atoms with van der Waals surface area (Å²) >= 11 is 2.39. The Hall–Kier alpha value is -0.390. The van der Waals surface area contributed by atoms with Crippen LogP contribution < -0.4 is 5.32 Å². The van der Waals surface area contributed by atoms with Crippen LogP contribution in [0.15, 0.2) is 0 Å². The molecule has 0 spiro atoms. The first kappa shape index (κ1) is 17.0. The van der Waals surface area contributed by atoms with E-state index in [1.807, 2.05) is 0 Å². The topological polar surface area (TPSA) is 37.8 Å². The number of rotatable bonds is 4. The first-order valence-corrected chi connectivity index (χ1v) is 9.26. The molecular weight excluding hydrogens is 373 g/mol. The molecule has 1 aliphatic carbocycles. The predicted molar refractivity (Wildman–Crippen MR) is 98.0 cm³/mol. The highest BCUT2D eigenvalue weighted by atomic mass is 127. The van der Waals surface area contributed by atoms with E-state index < -0.39 is 0 Å². The Morgan fingerprint density at radius 2 is 1.90 bits per heavy atom. The highest BCUT2D eigenvalue weighted by Crippen LogP contribution is 2.40. The minimum Gasteiger partial charge on any atom is -0.369 e. The lowest BCUT2D eigenvalue weighted by molar-refractivity contribution is 0.511. The van der Waals surface area contributed by atoms with E-state index in [1.165, 1.54) is 34.9 Å². The molecule has 1 fully saturated rings. The summed E-state index contributed by atoms with van der Waals surface area (Å²) in [7, 11) is 0. The Balaban J connectivity index is 2.40. The maximum Gasteiger partial charge on any atom is 0.143 e. The molecule has 4 heteroatoms. The van der Waals surface area contributed by atoms with Crippen molar-refractivity contribution < 1.29 is 0 Å². The number of aromatic nitrogens is 2. The van der Waals surface area contributed by atoms with Crippen molar-refractivity contribution >= 4 is 28.4 Å². The Labute approximate surface area is 142 Å². The van der Waals surface area contributed by atoms with E-state index in [4.69, 9.17) is 9.97 Å². The van der Waals surface area contributed by atoms with Gasteiger partial charge in [-0.2, -0.15) is 0 Å². The van der Waals surface area contributed by atoms with Crippen molar-refractivity contribution in [3.63, 3.8) is 0 Å². The molecule has 1 aromatic rings. The number of halogens is 1. The van der Waals surface area contributed by atoms with Gasteiger partial charge in [0.2, 0.25) is 0 Å². The molecule has 1 aromatic heterocycles. The summed E-state index contributed by atoms with van der Waals surface area (Å²) in [5, 5.41) is 3.42. The van der Waals surface area contributed by atoms with Crippen molar-refractivity contribution in [1.29, 1.82) is 0 Å². The van der Waals surface area contributed by atoms with E-state index in [-0.39, 0.29) is 5.41 Å². The summed E-state index contributed by atoms with van der Waals surface area (Å²) in [6.07, 6.45) is 5.12. The van der Waals surface area contributed by atoms with E-state index in [2.05, 4.69) is 62.5 Å². The SMILES string of the molecule is CCNc1nc(C2CCC(CC)C2)nc(C(C)(C)C)c1I. The van der Waals surface area contributed by atoms with Crippen molar-refractivity contribution in [2.75, 3.05) is 11.9 Å². The molecule has 2 rings (SSSR count). The van der Waals surface area contributed by atoms with Gasteiger partial charge in [0.05, 0.1) is 9.26 Å². The van der Waals surface area contributed by atoms with Crippen molar-refractivity contribution in [2.24, 2.45) is 5.92 Å². The van der Waals surface area contributed by atoms with Gasteiger partial charge in [-0.1, -0.05) is 34.1 Å². The van der Waals surface area contributed by atoms with Crippen molar-refractivity contribution in [3.05, 3.63) is 15.1 Å². The highest BCUT2D eigenvalue weighted by molar-refractivity contribution is 14.1. The van der Waals surface area contributed by atoms with Crippen LogP contribution in [0.2, 0.25) is 0 Å². The molecule has 0 aromatic carbocycles. The minimum absolute atomic E-state index is 0.0567. The Morgan fingerprint density at radius 1 is 1.19 bits per heavy atom. The molecular formula is C17H28IN3. The average Bonchev–Trinajstić information content (AvgIpc) is 2.88. The van der Waals surface area contributed by atoms with Crippen LogP contribution in [0.1, 0.15) is 77.7 Å². The van der Waals surface area contributed by atoms with Crippen molar-refractivity contribution in [2.45, 2.75) is 71.6 Å². The van der Waals surface area contributed by atoms with E-state index in [9.17, 15) is 0 Å². The molecule has 0 radical (unpaired) electrons. The molecule has 2 unspecified atom stereocenters. The van der Waals surface area contributed by atoms with Gasteiger partial charge in [0.1, 0.15) is 11.6 Å². The lowest BCUT2D eigenvalue weighted by Crippen LogP contribution is -2.20. The van der Waals surface area contributed by atoms with E-state index in [0.717, 1.165) is 24.1 Å². The highest BCUT2D eigenvalue weighted by Gasteiger charge is 2.30. The summed E-state index contributed by atoms with van der Waals surface area (Å²) in [6, 6.07) is 0. The molecule has 1 saturated carbocycles. The molecule has 118 valence electrons. The fourth-order valence-electron chi connectivity index (χ4n) is 3.11. The molecule has 21 heavy (non-hydrogen) atoms. The number of nitrogens with zero attached hydrogens (tertiary/aromatic N) is 2. The van der Waals surface area contributed by atoms with Gasteiger partial charge in [-0.3, -0.25) is 0 Å². The summed E-state index contributed by atoms with van der Waals surface area (Å²) in [4.78, 5) is 9.84. The Bertz CT molecular complexity index is 494. The quantitative estimate of drug-likeness (QED) is 0.713. The number of hydrogen-bond acceptors (Lipinski definition) is 3. The van der Waals surface area contributed by atoms with Gasteiger partial charge in [0.25, 0.3) is 0 Å². The summed E-state index contributed by atoms with van der Waals surface area (Å²) in [5.41, 5.74) is 1.24. The third-order valence-corrected chi connectivity index (χ3v) is 5.43. The van der Waals surface area contributed by atoms with Gasteiger partial charge in [-0.15, -0.1) is 0 Å². The number of nitrogens with one attached hydrogen (secondary N) is 1. The van der Waals surface area contributed by atoms with Crippen LogP contribution >= 0.6 is 22.6 Å². The first-order chi connectivity index (χ1) is 9.86. The predicted octanol–water partition coefficient (Wildman–Crippen LogP) is 5.10. The van der Waals surface area contributed by atoms with E-state index in [0.29, 0.717) is 5.92 Å². The summed E-state index contributed by atoms with van der Waals surface area (Å²) < 4.78 is 1.18. The van der Waals surface area contributed by atoms with Crippen molar-refractivity contribution in [1.82, 2.24) is 9.97 Å². The van der Waals surface area contributed by atoms with Crippen LogP contribution in [0.3, 0.4) is 0 Å². The number of anilines is 1. The van der Waals surface area contributed by atoms with Crippen LogP contribution in [0.5, 0.6) is 0 Å².